The van der Waals surface area contributed by atoms with Crippen LogP contribution in [0.5, 0.6) is 5.75 Å². The van der Waals surface area contributed by atoms with Crippen LogP contribution < -0.4 is 15.6 Å². The van der Waals surface area contributed by atoms with Crippen molar-refractivity contribution in [3.63, 3.8) is 0 Å². The molecule has 2 amide bonds. The lowest BCUT2D eigenvalue weighted by atomic mass is 9.91. The van der Waals surface area contributed by atoms with Crippen molar-refractivity contribution < 1.29 is 14.3 Å². The molecule has 3 rings (SSSR count). The van der Waals surface area contributed by atoms with Crippen molar-refractivity contribution >= 4 is 27.7 Å². The average molecular weight is 481 g/mol. The Morgan fingerprint density at radius 3 is 2.00 bits per heavy atom. The van der Waals surface area contributed by atoms with Gasteiger partial charge in [0.25, 0.3) is 5.91 Å². The van der Waals surface area contributed by atoms with Gasteiger partial charge in [0.05, 0.1) is 18.1 Å². The van der Waals surface area contributed by atoms with E-state index in [4.69, 9.17) is 4.74 Å². The van der Waals surface area contributed by atoms with Crippen LogP contribution in [-0.4, -0.2) is 18.4 Å². The third-order valence-electron chi connectivity index (χ3n) is 4.59. The summed E-state index contributed by atoms with van der Waals surface area (Å²) in [6, 6.07) is 24.1. The molecule has 0 bridgehead atoms. The number of rotatable bonds is 7. The summed E-state index contributed by atoms with van der Waals surface area (Å²) in [7, 11) is 0. The van der Waals surface area contributed by atoms with E-state index in [1.54, 1.807) is 12.1 Å². The van der Waals surface area contributed by atoms with E-state index >= 15 is 0 Å². The fourth-order valence-corrected chi connectivity index (χ4v) is 3.47. The van der Waals surface area contributed by atoms with Gasteiger partial charge in [-0.25, -0.2) is 0 Å². The zero-order valence-electron chi connectivity index (χ0n) is 17.5. The van der Waals surface area contributed by atoms with E-state index in [-0.39, 0.29) is 5.91 Å². The maximum absolute atomic E-state index is 13.1. The Hall–Kier alpha value is -3.12. The number of carbonyl (C=O) groups excluding carboxylic acids is 2. The molecule has 3 aromatic rings. The van der Waals surface area contributed by atoms with Gasteiger partial charge in [-0.15, -0.1) is 0 Å². The number of hydrazine groups is 1. The molecule has 0 radical (unpaired) electrons. The first kappa shape index (κ1) is 22.6. The first-order valence-electron chi connectivity index (χ1n) is 10.1. The number of ether oxygens (including phenoxy) is 1. The largest absolute Gasteiger partial charge is 0.492 e. The molecule has 0 spiro atoms. The molecule has 0 fully saturated rings. The molecule has 0 saturated carbocycles. The van der Waals surface area contributed by atoms with Crippen molar-refractivity contribution in [1.29, 1.82) is 0 Å². The second-order valence-electron chi connectivity index (χ2n) is 7.54. The molecular weight excluding hydrogens is 456 g/mol. The van der Waals surface area contributed by atoms with Crippen molar-refractivity contribution in [2.75, 3.05) is 6.61 Å². The van der Waals surface area contributed by atoms with E-state index in [0.29, 0.717) is 23.8 Å². The van der Waals surface area contributed by atoms with Gasteiger partial charge >= 0.3 is 0 Å². The van der Waals surface area contributed by atoms with Gasteiger partial charge in [-0.2, -0.15) is 0 Å². The lowest BCUT2D eigenvalue weighted by molar-refractivity contribution is -0.122. The second-order valence-corrected chi connectivity index (χ2v) is 8.46. The Morgan fingerprint density at radius 2 is 1.45 bits per heavy atom. The van der Waals surface area contributed by atoms with Gasteiger partial charge in [0.15, 0.2) is 0 Å². The van der Waals surface area contributed by atoms with Crippen molar-refractivity contribution in [1.82, 2.24) is 10.9 Å². The van der Waals surface area contributed by atoms with Crippen molar-refractivity contribution in [3.05, 3.63) is 100 Å². The molecular formula is C25H25BrN2O3. The van der Waals surface area contributed by atoms with Gasteiger partial charge < -0.3 is 4.74 Å². The molecule has 3 aromatic carbocycles. The van der Waals surface area contributed by atoms with E-state index < -0.39 is 11.8 Å². The normalized spacial score (nSPS) is 10.7. The van der Waals surface area contributed by atoms with Gasteiger partial charge in [-0.05, 0) is 35.2 Å². The predicted molar refractivity (Wildman–Crippen MR) is 125 cm³/mol. The van der Waals surface area contributed by atoms with E-state index in [0.717, 1.165) is 15.6 Å². The van der Waals surface area contributed by atoms with Crippen molar-refractivity contribution in [2.24, 2.45) is 5.92 Å². The number of hydrogen-bond donors (Lipinski definition) is 2. The number of hydrogen-bond acceptors (Lipinski definition) is 3. The number of carbonyl (C=O) groups is 2. The molecule has 0 aromatic heterocycles. The summed E-state index contributed by atoms with van der Waals surface area (Å²) in [5, 5.41) is 0. The lowest BCUT2D eigenvalue weighted by Gasteiger charge is -2.19. The monoisotopic (exact) mass is 480 g/mol. The average Bonchev–Trinajstić information content (AvgIpc) is 2.78. The molecule has 0 aliphatic heterocycles. The summed E-state index contributed by atoms with van der Waals surface area (Å²) in [5.41, 5.74) is 7.13. The van der Waals surface area contributed by atoms with E-state index in [1.165, 1.54) is 0 Å². The second kappa shape index (κ2) is 10.8. The smallest absolute Gasteiger partial charge is 0.273 e. The van der Waals surface area contributed by atoms with Crippen molar-refractivity contribution in [2.45, 2.75) is 19.8 Å². The summed E-state index contributed by atoms with van der Waals surface area (Å²) in [5.74, 6) is -0.552. The van der Waals surface area contributed by atoms with Crippen LogP contribution >= 0.6 is 15.9 Å². The van der Waals surface area contributed by atoms with Crippen LogP contribution in [0, 0.1) is 5.92 Å². The van der Waals surface area contributed by atoms with Crippen LogP contribution in [0.4, 0.5) is 0 Å². The van der Waals surface area contributed by atoms with E-state index in [1.807, 2.05) is 80.6 Å². The van der Waals surface area contributed by atoms with Gasteiger partial charge in [0.2, 0.25) is 5.91 Å². The third-order valence-corrected chi connectivity index (χ3v) is 5.08. The number of nitrogens with one attached hydrogen (secondary N) is 2. The zero-order chi connectivity index (χ0) is 22.2. The maximum atomic E-state index is 13.1. The lowest BCUT2D eigenvalue weighted by Crippen LogP contribution is -2.44. The summed E-state index contributed by atoms with van der Waals surface area (Å²) < 4.78 is 6.52. The standard InChI is InChI=1S/C25H25BrN2O3/c1-17(2)16-31-22-14-13-20(26)15-21(22)24(29)27-28-25(30)23(18-9-5-3-6-10-18)19-11-7-4-8-12-19/h3-15,17,23H,16H2,1-2H3,(H,27,29)(H,28,30). The summed E-state index contributed by atoms with van der Waals surface area (Å²) in [6.07, 6.45) is 0. The Labute approximate surface area is 190 Å². The fraction of sp³-hybridized carbons (Fsp3) is 0.200. The Kier molecular flexibility index (Phi) is 7.84. The van der Waals surface area contributed by atoms with E-state index in [9.17, 15) is 9.59 Å². The van der Waals surface area contributed by atoms with E-state index in [2.05, 4.69) is 26.8 Å². The molecule has 6 heteroatoms. The predicted octanol–water partition coefficient (Wildman–Crippen LogP) is 5.08. The molecule has 31 heavy (non-hydrogen) atoms. The molecule has 0 heterocycles. The van der Waals surface area contributed by atoms with Crippen LogP contribution in [0.25, 0.3) is 0 Å². The highest BCUT2D eigenvalue weighted by Gasteiger charge is 2.23. The minimum absolute atomic E-state index is 0.316. The minimum atomic E-state index is -0.554. The Bertz CT molecular complexity index is 984. The molecule has 0 aliphatic rings. The third kappa shape index (κ3) is 6.18. The summed E-state index contributed by atoms with van der Waals surface area (Å²) in [6.45, 7) is 4.55. The van der Waals surface area contributed by atoms with Crippen LogP contribution in [-0.2, 0) is 4.79 Å². The highest BCUT2D eigenvalue weighted by Crippen LogP contribution is 2.25. The first-order valence-corrected chi connectivity index (χ1v) is 10.9. The molecule has 0 atom stereocenters. The van der Waals surface area contributed by atoms with Crippen LogP contribution in [0.2, 0.25) is 0 Å². The molecule has 0 unspecified atom stereocenters. The Morgan fingerprint density at radius 1 is 0.871 bits per heavy atom. The molecule has 5 nitrogen and oxygen atoms in total. The quantitative estimate of drug-likeness (QED) is 0.463. The first-order chi connectivity index (χ1) is 15.0. The fourth-order valence-electron chi connectivity index (χ4n) is 3.11. The van der Waals surface area contributed by atoms with Gasteiger partial charge in [-0.3, -0.25) is 20.4 Å². The van der Waals surface area contributed by atoms with Crippen molar-refractivity contribution in [3.8, 4) is 5.75 Å². The van der Waals surface area contributed by atoms with Gasteiger partial charge in [0, 0.05) is 4.47 Å². The molecule has 2 N–H and O–H groups in total. The maximum Gasteiger partial charge on any atom is 0.273 e. The van der Waals surface area contributed by atoms with Crippen LogP contribution in [0.15, 0.2) is 83.3 Å². The molecule has 160 valence electrons. The highest BCUT2D eigenvalue weighted by atomic mass is 79.9. The SMILES string of the molecule is CC(C)COc1ccc(Br)cc1C(=O)NNC(=O)C(c1ccccc1)c1ccccc1. The highest BCUT2D eigenvalue weighted by molar-refractivity contribution is 9.10. The molecule has 0 aliphatic carbocycles. The number of halogens is 1. The van der Waals surface area contributed by atoms with Crippen LogP contribution in [0.1, 0.15) is 41.3 Å². The van der Waals surface area contributed by atoms with Gasteiger partial charge in [-0.1, -0.05) is 90.4 Å². The van der Waals surface area contributed by atoms with Gasteiger partial charge in [0.1, 0.15) is 5.75 Å². The van der Waals surface area contributed by atoms with Crippen LogP contribution in [0.3, 0.4) is 0 Å². The number of amides is 2. The topological polar surface area (TPSA) is 67.4 Å². The Balaban J connectivity index is 1.77. The molecule has 0 saturated heterocycles. The number of benzene rings is 3. The summed E-state index contributed by atoms with van der Waals surface area (Å²) >= 11 is 3.39. The zero-order valence-corrected chi connectivity index (χ0v) is 19.1. The minimum Gasteiger partial charge on any atom is -0.492 e. The summed E-state index contributed by atoms with van der Waals surface area (Å²) in [4.78, 5) is 25.9.